The largest absolute Gasteiger partial charge is 0.349 e. The molecule has 162 valence electrons. The molecule has 0 bridgehead atoms. The van der Waals surface area contributed by atoms with Crippen molar-refractivity contribution in [3.63, 3.8) is 0 Å². The topological polar surface area (TPSA) is 88.2 Å². The minimum atomic E-state index is -3.72. The van der Waals surface area contributed by atoms with E-state index in [0.717, 1.165) is 21.9 Å². The van der Waals surface area contributed by atoms with Crippen LogP contribution in [0.25, 0.3) is 10.8 Å². The van der Waals surface area contributed by atoms with Crippen LogP contribution in [0, 0.1) is 0 Å². The number of rotatable bonds is 7. The molecule has 4 rings (SSSR count). The van der Waals surface area contributed by atoms with Crippen LogP contribution < -0.4 is 10.0 Å². The van der Waals surface area contributed by atoms with Gasteiger partial charge in [0, 0.05) is 18.1 Å². The van der Waals surface area contributed by atoms with Gasteiger partial charge in [-0.1, -0.05) is 42.5 Å². The molecule has 4 aromatic rings. The fourth-order valence-electron chi connectivity index (χ4n) is 3.45. The molecule has 2 N–H and O–H groups in total. The van der Waals surface area contributed by atoms with E-state index in [1.807, 2.05) is 43.3 Å². The van der Waals surface area contributed by atoms with Crippen LogP contribution in [-0.2, 0) is 21.2 Å². The maximum Gasteiger partial charge on any atom is 0.261 e. The van der Waals surface area contributed by atoms with Gasteiger partial charge in [0.2, 0.25) is 5.91 Å². The first-order valence-electron chi connectivity index (χ1n) is 10.2. The molecule has 0 radical (unpaired) electrons. The zero-order valence-corrected chi connectivity index (χ0v) is 18.3. The molecule has 3 aromatic carbocycles. The molecule has 1 heterocycles. The number of hydrogen-bond donors (Lipinski definition) is 2. The molecule has 0 aliphatic carbocycles. The van der Waals surface area contributed by atoms with Gasteiger partial charge >= 0.3 is 0 Å². The number of fused-ring (bicyclic) bond motifs is 1. The van der Waals surface area contributed by atoms with Gasteiger partial charge in [0.05, 0.1) is 17.4 Å². The van der Waals surface area contributed by atoms with Crippen molar-refractivity contribution in [2.75, 3.05) is 4.72 Å². The summed E-state index contributed by atoms with van der Waals surface area (Å²) in [4.78, 5) is 16.5. The highest BCUT2D eigenvalue weighted by atomic mass is 32.2. The molecule has 0 saturated heterocycles. The molecule has 7 heteroatoms. The zero-order chi connectivity index (χ0) is 22.6. The van der Waals surface area contributed by atoms with Crippen LogP contribution in [0.4, 0.5) is 5.69 Å². The summed E-state index contributed by atoms with van der Waals surface area (Å²) < 4.78 is 28.2. The molecule has 1 atom stereocenters. The Balaban J connectivity index is 1.40. The van der Waals surface area contributed by atoms with Crippen LogP contribution in [0.1, 0.15) is 24.1 Å². The van der Waals surface area contributed by atoms with Gasteiger partial charge in [0.1, 0.15) is 0 Å². The summed E-state index contributed by atoms with van der Waals surface area (Å²) in [6, 6.07) is 23.0. The summed E-state index contributed by atoms with van der Waals surface area (Å²) in [5.41, 5.74) is 2.21. The summed E-state index contributed by atoms with van der Waals surface area (Å²) in [5.74, 6) is -0.112. The molecule has 32 heavy (non-hydrogen) atoms. The first-order chi connectivity index (χ1) is 15.4. The van der Waals surface area contributed by atoms with Gasteiger partial charge in [-0.2, -0.15) is 0 Å². The van der Waals surface area contributed by atoms with Crippen molar-refractivity contribution in [1.82, 2.24) is 10.3 Å². The van der Waals surface area contributed by atoms with E-state index in [2.05, 4.69) is 15.0 Å². The summed E-state index contributed by atoms with van der Waals surface area (Å²) in [5, 5.41) is 4.79. The second-order valence-corrected chi connectivity index (χ2v) is 9.24. The lowest BCUT2D eigenvalue weighted by Crippen LogP contribution is -2.28. The van der Waals surface area contributed by atoms with E-state index in [-0.39, 0.29) is 23.3 Å². The first kappa shape index (κ1) is 21.5. The van der Waals surface area contributed by atoms with Gasteiger partial charge in [-0.25, -0.2) is 8.42 Å². The Bertz CT molecular complexity index is 1340. The van der Waals surface area contributed by atoms with E-state index in [4.69, 9.17) is 0 Å². The van der Waals surface area contributed by atoms with Crippen LogP contribution in [-0.4, -0.2) is 19.3 Å². The number of aromatic nitrogens is 1. The van der Waals surface area contributed by atoms with Crippen molar-refractivity contribution in [2.45, 2.75) is 24.3 Å². The summed E-state index contributed by atoms with van der Waals surface area (Å²) in [7, 11) is -3.72. The molecular formula is C25H23N3O3S. The van der Waals surface area contributed by atoms with Crippen molar-refractivity contribution in [3.05, 3.63) is 102 Å². The standard InChI is InChI=1S/C25H23N3O3S/c1-18(20-12-14-26-15-13-20)27-25(29)16-19-6-9-23(10-7-19)28-32(30,31)24-11-8-21-4-2-3-5-22(21)17-24/h2-15,17-18,28H,16H2,1H3,(H,27,29)/t18-/m0/s1. The average molecular weight is 446 g/mol. The number of benzene rings is 3. The highest BCUT2D eigenvalue weighted by Gasteiger charge is 2.15. The summed E-state index contributed by atoms with van der Waals surface area (Å²) in [6.45, 7) is 1.91. The molecular weight excluding hydrogens is 422 g/mol. The predicted octanol–water partition coefficient (Wildman–Crippen LogP) is 4.46. The smallest absolute Gasteiger partial charge is 0.261 e. The minimum absolute atomic E-state index is 0.112. The molecule has 0 unspecified atom stereocenters. The van der Waals surface area contributed by atoms with Crippen molar-refractivity contribution >= 4 is 32.4 Å². The third kappa shape index (κ3) is 5.12. The monoisotopic (exact) mass is 445 g/mol. The van der Waals surface area contributed by atoms with E-state index in [1.54, 1.807) is 54.9 Å². The van der Waals surface area contributed by atoms with Crippen LogP contribution in [0.2, 0.25) is 0 Å². The molecule has 0 spiro atoms. The van der Waals surface area contributed by atoms with E-state index < -0.39 is 10.0 Å². The highest BCUT2D eigenvalue weighted by Crippen LogP contribution is 2.22. The van der Waals surface area contributed by atoms with E-state index in [9.17, 15) is 13.2 Å². The minimum Gasteiger partial charge on any atom is -0.349 e. The van der Waals surface area contributed by atoms with E-state index in [0.29, 0.717) is 5.69 Å². The van der Waals surface area contributed by atoms with Gasteiger partial charge < -0.3 is 5.32 Å². The van der Waals surface area contributed by atoms with Crippen LogP contribution >= 0.6 is 0 Å². The third-order valence-electron chi connectivity index (χ3n) is 5.19. The maximum atomic E-state index is 12.8. The SMILES string of the molecule is C[C@H](NC(=O)Cc1ccc(NS(=O)(=O)c2ccc3ccccc3c2)cc1)c1ccncc1. The fraction of sp³-hybridized carbons (Fsp3) is 0.120. The van der Waals surface area contributed by atoms with Crippen molar-refractivity contribution in [1.29, 1.82) is 0 Å². The Hall–Kier alpha value is -3.71. The second-order valence-electron chi connectivity index (χ2n) is 7.56. The number of hydrogen-bond acceptors (Lipinski definition) is 4. The highest BCUT2D eigenvalue weighted by molar-refractivity contribution is 7.92. The zero-order valence-electron chi connectivity index (χ0n) is 17.5. The molecule has 0 aliphatic heterocycles. The van der Waals surface area contributed by atoms with Crippen molar-refractivity contribution in [3.8, 4) is 0 Å². The van der Waals surface area contributed by atoms with Gasteiger partial charge in [0.15, 0.2) is 0 Å². The van der Waals surface area contributed by atoms with Crippen LogP contribution in [0.5, 0.6) is 0 Å². The predicted molar refractivity (Wildman–Crippen MR) is 126 cm³/mol. The average Bonchev–Trinajstić information content (AvgIpc) is 2.80. The summed E-state index contributed by atoms with van der Waals surface area (Å²) >= 11 is 0. The number of nitrogens with one attached hydrogen (secondary N) is 2. The van der Waals surface area contributed by atoms with Crippen LogP contribution in [0.3, 0.4) is 0 Å². The van der Waals surface area contributed by atoms with E-state index >= 15 is 0 Å². The Morgan fingerprint density at radius 1 is 0.906 bits per heavy atom. The number of pyridine rings is 1. The molecule has 6 nitrogen and oxygen atoms in total. The number of carbonyl (C=O) groups excluding carboxylic acids is 1. The second kappa shape index (κ2) is 9.20. The molecule has 0 saturated carbocycles. The first-order valence-corrected chi connectivity index (χ1v) is 11.7. The molecule has 0 aliphatic rings. The Labute approximate surface area is 187 Å². The normalized spacial score (nSPS) is 12.3. The lowest BCUT2D eigenvalue weighted by atomic mass is 10.1. The third-order valence-corrected chi connectivity index (χ3v) is 6.56. The molecule has 0 fully saturated rings. The quantitative estimate of drug-likeness (QED) is 0.440. The Morgan fingerprint density at radius 2 is 1.59 bits per heavy atom. The van der Waals surface area contributed by atoms with Gasteiger partial charge in [-0.05, 0) is 65.2 Å². The van der Waals surface area contributed by atoms with Crippen LogP contribution in [0.15, 0.2) is 96.2 Å². The van der Waals surface area contributed by atoms with Gasteiger partial charge in [-0.15, -0.1) is 0 Å². The number of sulfonamides is 1. The number of nitrogens with zero attached hydrogens (tertiary/aromatic N) is 1. The van der Waals surface area contributed by atoms with Gasteiger partial charge in [0.25, 0.3) is 10.0 Å². The summed E-state index contributed by atoms with van der Waals surface area (Å²) in [6.07, 6.45) is 3.58. The molecule has 1 aromatic heterocycles. The molecule has 1 amide bonds. The Kier molecular flexibility index (Phi) is 6.18. The van der Waals surface area contributed by atoms with Gasteiger partial charge in [-0.3, -0.25) is 14.5 Å². The fourth-order valence-corrected chi connectivity index (χ4v) is 4.55. The lowest BCUT2D eigenvalue weighted by molar-refractivity contribution is -0.121. The Morgan fingerprint density at radius 3 is 2.31 bits per heavy atom. The van der Waals surface area contributed by atoms with Crippen molar-refractivity contribution in [2.24, 2.45) is 0 Å². The number of amides is 1. The van der Waals surface area contributed by atoms with Crippen molar-refractivity contribution < 1.29 is 13.2 Å². The van der Waals surface area contributed by atoms with E-state index in [1.165, 1.54) is 0 Å². The lowest BCUT2D eigenvalue weighted by Gasteiger charge is -2.14. The number of carbonyl (C=O) groups is 1. The maximum absolute atomic E-state index is 12.8. The number of anilines is 1.